The van der Waals surface area contributed by atoms with E-state index in [1.54, 1.807) is 18.2 Å². The molecule has 0 bridgehead atoms. The molecule has 3 aromatic carbocycles. The molecule has 1 aliphatic rings. The van der Waals surface area contributed by atoms with Crippen LogP contribution in [0.1, 0.15) is 10.4 Å². The van der Waals surface area contributed by atoms with E-state index in [-0.39, 0.29) is 11.3 Å². The average molecular weight is 430 g/mol. The van der Waals surface area contributed by atoms with Crippen LogP contribution in [0.5, 0.6) is 0 Å². The predicted octanol–water partition coefficient (Wildman–Crippen LogP) is 4.50. The lowest BCUT2D eigenvalue weighted by molar-refractivity contribution is -0.384. The molecular formula is C24H22N4O4. The maximum Gasteiger partial charge on any atom is 0.293 e. The van der Waals surface area contributed by atoms with Crippen molar-refractivity contribution in [1.82, 2.24) is 4.90 Å². The lowest BCUT2D eigenvalue weighted by Gasteiger charge is -2.33. The van der Waals surface area contributed by atoms with Gasteiger partial charge in [-0.2, -0.15) is 0 Å². The molecule has 0 spiro atoms. The van der Waals surface area contributed by atoms with Gasteiger partial charge in [-0.25, -0.2) is 0 Å². The number of benzene rings is 3. The molecule has 0 aliphatic carbocycles. The molecule has 162 valence electrons. The Balaban J connectivity index is 1.42. The molecule has 1 aromatic heterocycles. The monoisotopic (exact) mass is 430 g/mol. The number of anilines is 2. The van der Waals surface area contributed by atoms with Crippen molar-refractivity contribution in [3.05, 3.63) is 76.3 Å². The smallest absolute Gasteiger partial charge is 0.293 e. The van der Waals surface area contributed by atoms with Gasteiger partial charge in [0, 0.05) is 54.3 Å². The largest absolute Gasteiger partial charge is 0.456 e. The van der Waals surface area contributed by atoms with E-state index in [4.69, 9.17) is 4.42 Å². The molecule has 1 saturated heterocycles. The molecule has 32 heavy (non-hydrogen) atoms. The van der Waals surface area contributed by atoms with Gasteiger partial charge < -0.3 is 19.5 Å². The van der Waals surface area contributed by atoms with Crippen LogP contribution in [-0.2, 0) is 0 Å². The number of nitrogens with zero attached hydrogens (tertiary/aromatic N) is 3. The number of nitro groups is 1. The predicted molar refractivity (Wildman–Crippen MR) is 124 cm³/mol. The summed E-state index contributed by atoms with van der Waals surface area (Å²) in [5.74, 6) is -0.398. The first-order chi connectivity index (χ1) is 15.5. The number of rotatable bonds is 4. The van der Waals surface area contributed by atoms with Crippen LogP contribution in [0.15, 0.2) is 65.1 Å². The van der Waals surface area contributed by atoms with Crippen molar-refractivity contribution >= 4 is 44.9 Å². The number of fused-ring (bicyclic) bond motifs is 3. The fourth-order valence-electron chi connectivity index (χ4n) is 4.13. The first-order valence-corrected chi connectivity index (χ1v) is 10.4. The fourth-order valence-corrected chi connectivity index (χ4v) is 4.13. The van der Waals surface area contributed by atoms with Gasteiger partial charge in [0.05, 0.1) is 4.92 Å². The first kappa shape index (κ1) is 20.0. The van der Waals surface area contributed by atoms with Gasteiger partial charge in [-0.15, -0.1) is 0 Å². The normalized spacial score (nSPS) is 14.7. The van der Waals surface area contributed by atoms with Crippen LogP contribution in [0, 0.1) is 10.1 Å². The number of piperazine rings is 1. The Morgan fingerprint density at radius 2 is 1.72 bits per heavy atom. The number of furan rings is 1. The van der Waals surface area contributed by atoms with Gasteiger partial charge in [0.2, 0.25) is 0 Å². The van der Waals surface area contributed by atoms with Crippen LogP contribution in [-0.4, -0.2) is 49.0 Å². The Hall–Kier alpha value is -3.91. The summed E-state index contributed by atoms with van der Waals surface area (Å²) in [4.78, 5) is 28.4. The number of nitro benzene ring substituents is 1. The highest BCUT2D eigenvalue weighted by atomic mass is 16.6. The Labute approximate surface area is 184 Å². The number of nitrogens with one attached hydrogen (secondary N) is 1. The van der Waals surface area contributed by atoms with Crippen LogP contribution < -0.4 is 10.2 Å². The summed E-state index contributed by atoms with van der Waals surface area (Å²) in [6.07, 6.45) is 0. The molecule has 2 heterocycles. The Morgan fingerprint density at radius 1 is 0.969 bits per heavy atom. The molecule has 1 aliphatic heterocycles. The molecular weight excluding hydrogens is 408 g/mol. The summed E-state index contributed by atoms with van der Waals surface area (Å²) in [6.45, 7) is 3.10. The minimum absolute atomic E-state index is 0.0570. The van der Waals surface area contributed by atoms with E-state index in [9.17, 15) is 14.9 Å². The molecule has 8 heteroatoms. The highest BCUT2D eigenvalue weighted by Gasteiger charge is 2.24. The van der Waals surface area contributed by atoms with Gasteiger partial charge in [0.25, 0.3) is 11.6 Å². The highest BCUT2D eigenvalue weighted by Crippen LogP contribution is 2.32. The van der Waals surface area contributed by atoms with Crippen LogP contribution in [0.3, 0.4) is 0 Å². The van der Waals surface area contributed by atoms with Crippen LogP contribution in [0.25, 0.3) is 21.9 Å². The van der Waals surface area contributed by atoms with Crippen molar-refractivity contribution in [2.75, 3.05) is 43.4 Å². The Kier molecular flexibility index (Phi) is 4.99. The zero-order chi connectivity index (χ0) is 22.2. The molecule has 0 atom stereocenters. The molecule has 1 amide bonds. The second kappa shape index (κ2) is 7.97. The summed E-state index contributed by atoms with van der Waals surface area (Å²) in [7, 11) is 2.03. The number of amides is 1. The summed E-state index contributed by atoms with van der Waals surface area (Å²) >= 11 is 0. The van der Waals surface area contributed by atoms with E-state index in [0.29, 0.717) is 24.5 Å². The molecule has 5 rings (SSSR count). The second-order valence-electron chi connectivity index (χ2n) is 8.01. The van der Waals surface area contributed by atoms with Crippen molar-refractivity contribution in [1.29, 1.82) is 0 Å². The van der Waals surface area contributed by atoms with Gasteiger partial charge >= 0.3 is 0 Å². The fraction of sp³-hybridized carbons (Fsp3) is 0.208. The standard InChI is InChI=1S/C24H22N4O4/c1-26-10-12-27(13-11-26)20-8-6-16(14-21(20)28(30)31)24(29)25-17-7-9-23-19(15-17)18-4-2-3-5-22(18)32-23/h2-9,14-15H,10-13H2,1H3,(H,25,29). The van der Waals surface area contributed by atoms with Crippen LogP contribution >= 0.6 is 0 Å². The average Bonchev–Trinajstić information content (AvgIpc) is 3.17. The van der Waals surface area contributed by atoms with Gasteiger partial charge in [-0.3, -0.25) is 14.9 Å². The van der Waals surface area contributed by atoms with E-state index in [2.05, 4.69) is 10.2 Å². The summed E-state index contributed by atoms with van der Waals surface area (Å²) < 4.78 is 5.82. The van der Waals surface area contributed by atoms with Crippen LogP contribution in [0.2, 0.25) is 0 Å². The SMILES string of the molecule is CN1CCN(c2ccc(C(=O)Nc3ccc4oc5ccccc5c4c3)cc2[N+](=O)[O-])CC1. The minimum Gasteiger partial charge on any atom is -0.456 e. The van der Waals surface area contributed by atoms with E-state index >= 15 is 0 Å². The van der Waals surface area contributed by atoms with Gasteiger partial charge in [-0.05, 0) is 43.4 Å². The zero-order valence-corrected chi connectivity index (χ0v) is 17.6. The Bertz CT molecular complexity index is 1340. The third-order valence-electron chi connectivity index (χ3n) is 5.91. The van der Waals surface area contributed by atoms with Crippen LogP contribution in [0.4, 0.5) is 17.1 Å². The summed E-state index contributed by atoms with van der Waals surface area (Å²) in [5, 5.41) is 16.4. The van der Waals surface area contributed by atoms with Crippen molar-refractivity contribution in [3.8, 4) is 0 Å². The minimum atomic E-state index is -0.423. The van der Waals surface area contributed by atoms with Crippen molar-refractivity contribution < 1.29 is 14.1 Å². The quantitative estimate of drug-likeness (QED) is 0.379. The number of hydrogen-bond donors (Lipinski definition) is 1. The van der Waals surface area contributed by atoms with E-state index in [1.807, 2.05) is 48.3 Å². The summed E-state index contributed by atoms with van der Waals surface area (Å²) in [6, 6.07) is 17.8. The highest BCUT2D eigenvalue weighted by molar-refractivity contribution is 6.09. The maximum atomic E-state index is 12.9. The number of likely N-dealkylation sites (N-methyl/N-ethyl adjacent to an activating group) is 1. The van der Waals surface area contributed by atoms with E-state index in [1.165, 1.54) is 6.07 Å². The van der Waals surface area contributed by atoms with E-state index < -0.39 is 10.8 Å². The third-order valence-corrected chi connectivity index (χ3v) is 5.91. The summed E-state index contributed by atoms with van der Waals surface area (Å²) in [5.41, 5.74) is 2.84. The maximum absolute atomic E-state index is 12.9. The second-order valence-corrected chi connectivity index (χ2v) is 8.01. The third kappa shape index (κ3) is 3.65. The topological polar surface area (TPSA) is 91.9 Å². The number of carbonyl (C=O) groups excluding carboxylic acids is 1. The lowest BCUT2D eigenvalue weighted by Crippen LogP contribution is -2.44. The van der Waals surface area contributed by atoms with Gasteiger partial charge in [-0.1, -0.05) is 18.2 Å². The Morgan fingerprint density at radius 3 is 2.50 bits per heavy atom. The first-order valence-electron chi connectivity index (χ1n) is 10.4. The number of hydrogen-bond acceptors (Lipinski definition) is 6. The molecule has 0 saturated carbocycles. The van der Waals surface area contributed by atoms with Gasteiger partial charge in [0.1, 0.15) is 16.9 Å². The molecule has 0 radical (unpaired) electrons. The lowest BCUT2D eigenvalue weighted by atomic mass is 10.1. The molecule has 1 fully saturated rings. The molecule has 1 N–H and O–H groups in total. The zero-order valence-electron chi connectivity index (χ0n) is 17.6. The molecule has 8 nitrogen and oxygen atoms in total. The van der Waals surface area contributed by atoms with Crippen molar-refractivity contribution in [2.24, 2.45) is 0 Å². The molecule has 0 unspecified atom stereocenters. The van der Waals surface area contributed by atoms with Gasteiger partial charge in [0.15, 0.2) is 0 Å². The molecule has 4 aromatic rings. The number of para-hydroxylation sites is 1. The van der Waals surface area contributed by atoms with Crippen molar-refractivity contribution in [2.45, 2.75) is 0 Å². The van der Waals surface area contributed by atoms with Crippen molar-refractivity contribution in [3.63, 3.8) is 0 Å². The van der Waals surface area contributed by atoms with E-state index in [0.717, 1.165) is 35.0 Å². The number of carbonyl (C=O) groups is 1.